The van der Waals surface area contributed by atoms with Gasteiger partial charge in [-0.05, 0) is 23.6 Å². The van der Waals surface area contributed by atoms with Crippen molar-refractivity contribution in [2.24, 2.45) is 5.73 Å². The molecule has 2 aromatic rings. The standard InChI is InChI=1S/C16H18BrN/c1-16(12-18,11-13-7-3-2-4-8-13)14-9-5-6-10-15(14)17/h2-10H,11-12,18H2,1H3. The molecule has 0 aliphatic heterocycles. The van der Waals surface area contributed by atoms with Crippen LogP contribution in [0.3, 0.4) is 0 Å². The van der Waals surface area contributed by atoms with Crippen molar-refractivity contribution in [2.45, 2.75) is 18.8 Å². The van der Waals surface area contributed by atoms with E-state index in [1.807, 2.05) is 12.1 Å². The van der Waals surface area contributed by atoms with Crippen molar-refractivity contribution in [3.8, 4) is 0 Å². The number of nitrogens with two attached hydrogens (primary N) is 1. The van der Waals surface area contributed by atoms with Crippen LogP contribution in [-0.4, -0.2) is 6.54 Å². The zero-order valence-electron chi connectivity index (χ0n) is 10.6. The van der Waals surface area contributed by atoms with Crippen LogP contribution in [0.1, 0.15) is 18.1 Å². The highest BCUT2D eigenvalue weighted by molar-refractivity contribution is 9.10. The first-order valence-corrected chi connectivity index (χ1v) is 6.94. The molecule has 0 aliphatic rings. The monoisotopic (exact) mass is 303 g/mol. The van der Waals surface area contributed by atoms with Crippen molar-refractivity contribution in [3.63, 3.8) is 0 Å². The molecule has 18 heavy (non-hydrogen) atoms. The van der Waals surface area contributed by atoms with E-state index in [-0.39, 0.29) is 5.41 Å². The van der Waals surface area contributed by atoms with Gasteiger partial charge in [0.25, 0.3) is 0 Å². The SMILES string of the molecule is CC(CN)(Cc1ccccc1)c1ccccc1Br. The van der Waals surface area contributed by atoms with Crippen molar-refractivity contribution in [2.75, 3.05) is 6.54 Å². The molecule has 0 saturated carbocycles. The van der Waals surface area contributed by atoms with E-state index in [1.165, 1.54) is 11.1 Å². The van der Waals surface area contributed by atoms with Crippen LogP contribution in [0.15, 0.2) is 59.1 Å². The van der Waals surface area contributed by atoms with E-state index < -0.39 is 0 Å². The molecule has 0 bridgehead atoms. The Bertz CT molecular complexity index is 510. The van der Waals surface area contributed by atoms with Crippen molar-refractivity contribution in [3.05, 3.63) is 70.2 Å². The maximum absolute atomic E-state index is 6.03. The van der Waals surface area contributed by atoms with Gasteiger partial charge in [-0.2, -0.15) is 0 Å². The van der Waals surface area contributed by atoms with E-state index in [9.17, 15) is 0 Å². The summed E-state index contributed by atoms with van der Waals surface area (Å²) in [5.41, 5.74) is 8.59. The van der Waals surface area contributed by atoms with Gasteiger partial charge in [0.15, 0.2) is 0 Å². The maximum Gasteiger partial charge on any atom is 0.0213 e. The van der Waals surface area contributed by atoms with Crippen LogP contribution < -0.4 is 5.73 Å². The summed E-state index contributed by atoms with van der Waals surface area (Å²) in [6.07, 6.45) is 0.951. The van der Waals surface area contributed by atoms with E-state index in [1.54, 1.807) is 0 Å². The summed E-state index contributed by atoms with van der Waals surface area (Å²) in [6, 6.07) is 18.8. The summed E-state index contributed by atoms with van der Waals surface area (Å²) in [5.74, 6) is 0. The van der Waals surface area contributed by atoms with Crippen LogP contribution in [-0.2, 0) is 11.8 Å². The fourth-order valence-corrected chi connectivity index (χ4v) is 3.04. The lowest BCUT2D eigenvalue weighted by Crippen LogP contribution is -2.34. The summed E-state index contributed by atoms with van der Waals surface area (Å²) in [6.45, 7) is 2.85. The van der Waals surface area contributed by atoms with Gasteiger partial charge in [-0.1, -0.05) is 71.4 Å². The lowest BCUT2D eigenvalue weighted by Gasteiger charge is -2.30. The number of hydrogen-bond acceptors (Lipinski definition) is 1. The van der Waals surface area contributed by atoms with Gasteiger partial charge in [-0.3, -0.25) is 0 Å². The minimum Gasteiger partial charge on any atom is -0.330 e. The Hall–Kier alpha value is -1.12. The Morgan fingerprint density at radius 3 is 2.22 bits per heavy atom. The highest BCUT2D eigenvalue weighted by atomic mass is 79.9. The molecular formula is C16H18BrN. The highest BCUT2D eigenvalue weighted by Gasteiger charge is 2.27. The van der Waals surface area contributed by atoms with Crippen LogP contribution in [0.25, 0.3) is 0 Å². The molecule has 0 spiro atoms. The second-order valence-corrected chi connectivity index (χ2v) is 5.76. The van der Waals surface area contributed by atoms with Gasteiger partial charge in [0.05, 0.1) is 0 Å². The Morgan fingerprint density at radius 1 is 1.00 bits per heavy atom. The largest absolute Gasteiger partial charge is 0.330 e. The lowest BCUT2D eigenvalue weighted by atomic mass is 9.77. The van der Waals surface area contributed by atoms with Gasteiger partial charge in [0, 0.05) is 16.4 Å². The van der Waals surface area contributed by atoms with Gasteiger partial charge in [0.2, 0.25) is 0 Å². The summed E-state index contributed by atoms with van der Waals surface area (Å²) < 4.78 is 1.13. The van der Waals surface area contributed by atoms with Crippen LogP contribution in [0.5, 0.6) is 0 Å². The van der Waals surface area contributed by atoms with E-state index in [0.29, 0.717) is 6.54 Å². The first-order chi connectivity index (χ1) is 8.65. The average molecular weight is 304 g/mol. The second kappa shape index (κ2) is 5.68. The molecule has 0 aromatic heterocycles. The summed E-state index contributed by atoms with van der Waals surface area (Å²) in [5, 5.41) is 0. The molecule has 2 aromatic carbocycles. The van der Waals surface area contributed by atoms with Gasteiger partial charge in [-0.15, -0.1) is 0 Å². The number of benzene rings is 2. The summed E-state index contributed by atoms with van der Waals surface area (Å²) in [7, 11) is 0. The van der Waals surface area contributed by atoms with Crippen molar-refractivity contribution in [1.82, 2.24) is 0 Å². The first kappa shape index (κ1) is 13.3. The topological polar surface area (TPSA) is 26.0 Å². The predicted octanol–water partition coefficient (Wildman–Crippen LogP) is 3.91. The highest BCUT2D eigenvalue weighted by Crippen LogP contribution is 2.32. The van der Waals surface area contributed by atoms with E-state index in [2.05, 4.69) is 65.3 Å². The minimum atomic E-state index is -0.0402. The molecule has 0 heterocycles. The van der Waals surface area contributed by atoms with Gasteiger partial charge < -0.3 is 5.73 Å². The van der Waals surface area contributed by atoms with Gasteiger partial charge in [0.1, 0.15) is 0 Å². The Kier molecular flexibility index (Phi) is 4.20. The maximum atomic E-state index is 6.03. The molecule has 0 aliphatic carbocycles. The second-order valence-electron chi connectivity index (χ2n) is 4.91. The van der Waals surface area contributed by atoms with Crippen molar-refractivity contribution < 1.29 is 0 Å². The molecule has 0 saturated heterocycles. The summed E-state index contributed by atoms with van der Waals surface area (Å²) >= 11 is 3.63. The van der Waals surface area contributed by atoms with Crippen LogP contribution >= 0.6 is 15.9 Å². The average Bonchev–Trinajstić information content (AvgIpc) is 2.40. The molecule has 94 valence electrons. The third kappa shape index (κ3) is 2.82. The Balaban J connectivity index is 2.34. The smallest absolute Gasteiger partial charge is 0.0213 e. The van der Waals surface area contributed by atoms with E-state index in [4.69, 9.17) is 5.73 Å². The lowest BCUT2D eigenvalue weighted by molar-refractivity contribution is 0.479. The van der Waals surface area contributed by atoms with Gasteiger partial charge >= 0.3 is 0 Å². The molecule has 1 atom stereocenters. The molecule has 1 nitrogen and oxygen atoms in total. The molecule has 0 fully saturated rings. The van der Waals surface area contributed by atoms with Crippen molar-refractivity contribution in [1.29, 1.82) is 0 Å². The van der Waals surface area contributed by atoms with Crippen molar-refractivity contribution >= 4 is 15.9 Å². The number of rotatable bonds is 4. The Morgan fingerprint density at radius 2 is 1.61 bits per heavy atom. The third-order valence-electron chi connectivity index (χ3n) is 3.41. The van der Waals surface area contributed by atoms with Gasteiger partial charge in [-0.25, -0.2) is 0 Å². The number of halogens is 1. The normalized spacial score (nSPS) is 14.2. The van der Waals surface area contributed by atoms with E-state index in [0.717, 1.165) is 10.9 Å². The molecule has 2 rings (SSSR count). The quantitative estimate of drug-likeness (QED) is 0.910. The molecule has 1 unspecified atom stereocenters. The van der Waals surface area contributed by atoms with E-state index >= 15 is 0 Å². The fourth-order valence-electron chi connectivity index (χ4n) is 2.27. The zero-order valence-corrected chi connectivity index (χ0v) is 12.2. The zero-order chi connectivity index (χ0) is 13.0. The van der Waals surface area contributed by atoms with Crippen LogP contribution in [0, 0.1) is 0 Å². The van der Waals surface area contributed by atoms with Crippen LogP contribution in [0.2, 0.25) is 0 Å². The first-order valence-electron chi connectivity index (χ1n) is 6.15. The third-order valence-corrected chi connectivity index (χ3v) is 4.10. The van der Waals surface area contributed by atoms with Crippen LogP contribution in [0.4, 0.5) is 0 Å². The number of hydrogen-bond donors (Lipinski definition) is 1. The molecular weight excluding hydrogens is 286 g/mol. The molecule has 0 amide bonds. The Labute approximate surface area is 117 Å². The molecule has 0 radical (unpaired) electrons. The minimum absolute atomic E-state index is 0.0402. The fraction of sp³-hybridized carbons (Fsp3) is 0.250. The molecule has 2 N–H and O–H groups in total. The predicted molar refractivity (Wildman–Crippen MR) is 80.7 cm³/mol. The summed E-state index contributed by atoms with van der Waals surface area (Å²) in [4.78, 5) is 0. The molecule has 2 heteroatoms.